The van der Waals surface area contributed by atoms with E-state index in [0.717, 1.165) is 11.1 Å². The molecule has 1 aliphatic heterocycles. The summed E-state index contributed by atoms with van der Waals surface area (Å²) in [6.45, 7) is 13.0. The quantitative estimate of drug-likeness (QED) is 0.521. The van der Waals surface area contributed by atoms with Crippen LogP contribution in [0.25, 0.3) is 5.57 Å². The Bertz CT molecular complexity index is 976. The second-order valence-electron chi connectivity index (χ2n) is 8.55. The fraction of sp³-hybridized carbons (Fsp3) is 0.360. The highest BCUT2D eigenvalue weighted by molar-refractivity contribution is 6.30. The van der Waals surface area contributed by atoms with E-state index in [1.165, 1.54) is 0 Å². The van der Waals surface area contributed by atoms with Gasteiger partial charge in [-0.3, -0.25) is 9.59 Å². The zero-order valence-corrected chi connectivity index (χ0v) is 18.8. The van der Waals surface area contributed by atoms with Gasteiger partial charge in [-0.1, -0.05) is 31.2 Å². The first-order valence-electron chi connectivity index (χ1n) is 10.0. The van der Waals surface area contributed by atoms with E-state index in [9.17, 15) is 9.59 Å². The van der Waals surface area contributed by atoms with Crippen molar-refractivity contribution >= 4 is 28.7 Å². The summed E-state index contributed by atoms with van der Waals surface area (Å²) in [6, 6.07) is 12.4. The number of ketones is 2. The van der Waals surface area contributed by atoms with Crippen LogP contribution in [0.2, 0.25) is 5.02 Å². The van der Waals surface area contributed by atoms with E-state index in [-0.39, 0.29) is 11.6 Å². The monoisotopic (exact) mass is 426 g/mol. The van der Waals surface area contributed by atoms with Crippen molar-refractivity contribution in [1.82, 2.24) is 0 Å². The minimum absolute atomic E-state index is 0.263. The van der Waals surface area contributed by atoms with Crippen LogP contribution in [-0.4, -0.2) is 22.8 Å². The van der Waals surface area contributed by atoms with Crippen LogP contribution in [0, 0.1) is 0 Å². The molecule has 0 saturated carbocycles. The third-order valence-corrected chi connectivity index (χ3v) is 5.66. The molecule has 158 valence electrons. The zero-order valence-electron chi connectivity index (χ0n) is 18.0. The van der Waals surface area contributed by atoms with E-state index in [4.69, 9.17) is 21.1 Å². The van der Waals surface area contributed by atoms with Crippen LogP contribution >= 0.6 is 11.6 Å². The average Bonchev–Trinajstić information content (AvgIpc) is 2.68. The van der Waals surface area contributed by atoms with Gasteiger partial charge >= 0.3 is 0 Å². The Kier molecular flexibility index (Phi) is 5.94. The predicted octanol–water partition coefficient (Wildman–Crippen LogP) is 6.36. The molecule has 0 radical (unpaired) electrons. The topological polar surface area (TPSA) is 52.6 Å². The molecular formula is C25H27ClO4. The zero-order chi connectivity index (χ0) is 22.3. The van der Waals surface area contributed by atoms with Crippen molar-refractivity contribution in [2.75, 3.05) is 0 Å². The molecule has 0 aromatic heterocycles. The molecule has 30 heavy (non-hydrogen) atoms. The van der Waals surface area contributed by atoms with Crippen LogP contribution in [0.15, 0.2) is 49.0 Å². The lowest BCUT2D eigenvalue weighted by Crippen LogP contribution is -2.58. The highest BCUT2D eigenvalue weighted by Gasteiger charge is 2.53. The lowest BCUT2D eigenvalue weighted by Gasteiger charge is -2.43. The van der Waals surface area contributed by atoms with Gasteiger partial charge in [0.1, 0.15) is 28.6 Å². The van der Waals surface area contributed by atoms with Gasteiger partial charge in [0.05, 0.1) is 0 Å². The van der Waals surface area contributed by atoms with Crippen LogP contribution in [-0.2, 0) is 14.3 Å². The molecule has 2 aromatic carbocycles. The standard InChI is InChI=1S/C25H27ClO4/c1-7-15(2)19-13-12-18(29-17-10-8-16(26)9-11-17)14-20(19)21-22(27)24(3,4)30-25(5,6)23(21)28/h8-14,21H,2,7H2,1,3-6H3. The fourth-order valence-corrected chi connectivity index (χ4v) is 3.96. The van der Waals surface area contributed by atoms with Crippen LogP contribution in [0.4, 0.5) is 0 Å². The molecule has 0 N–H and O–H groups in total. The Hall–Kier alpha value is -2.43. The number of Topliss-reactive ketones (excluding diaryl/α,β-unsaturated/α-hetero) is 2. The fourth-order valence-electron chi connectivity index (χ4n) is 3.83. The maximum absolute atomic E-state index is 13.3. The van der Waals surface area contributed by atoms with E-state index in [2.05, 4.69) is 6.58 Å². The highest BCUT2D eigenvalue weighted by Crippen LogP contribution is 2.42. The Balaban J connectivity index is 2.12. The second-order valence-corrected chi connectivity index (χ2v) is 8.98. The van der Waals surface area contributed by atoms with Gasteiger partial charge in [0.25, 0.3) is 0 Å². The molecule has 1 aliphatic rings. The molecule has 3 rings (SSSR count). The summed E-state index contributed by atoms with van der Waals surface area (Å²) < 4.78 is 11.8. The van der Waals surface area contributed by atoms with Crippen LogP contribution in [0.3, 0.4) is 0 Å². The van der Waals surface area contributed by atoms with Crippen molar-refractivity contribution in [3.8, 4) is 11.5 Å². The molecule has 0 bridgehead atoms. The number of hydrogen-bond donors (Lipinski definition) is 0. The van der Waals surface area contributed by atoms with Gasteiger partial charge in [0.2, 0.25) is 0 Å². The number of halogens is 1. The van der Waals surface area contributed by atoms with Gasteiger partial charge in [-0.2, -0.15) is 0 Å². The summed E-state index contributed by atoms with van der Waals surface area (Å²) in [4.78, 5) is 26.6. The molecule has 0 spiro atoms. The first-order chi connectivity index (χ1) is 14.0. The van der Waals surface area contributed by atoms with Crippen LogP contribution in [0.1, 0.15) is 58.1 Å². The van der Waals surface area contributed by atoms with Crippen molar-refractivity contribution in [3.05, 3.63) is 65.2 Å². The summed E-state index contributed by atoms with van der Waals surface area (Å²) in [7, 11) is 0. The molecule has 0 aliphatic carbocycles. The first kappa shape index (κ1) is 22.3. The number of carbonyl (C=O) groups excluding carboxylic acids is 2. The summed E-state index contributed by atoms with van der Waals surface area (Å²) in [5.74, 6) is -0.336. The molecule has 0 unspecified atom stereocenters. The van der Waals surface area contributed by atoms with Crippen LogP contribution < -0.4 is 4.74 Å². The van der Waals surface area contributed by atoms with Crippen molar-refractivity contribution < 1.29 is 19.1 Å². The van der Waals surface area contributed by atoms with E-state index >= 15 is 0 Å². The number of ether oxygens (including phenoxy) is 2. The van der Waals surface area contributed by atoms with Gasteiger partial charge in [-0.05, 0) is 87.2 Å². The Morgan fingerprint density at radius 1 is 1.00 bits per heavy atom. The molecule has 0 atom stereocenters. The smallest absolute Gasteiger partial charge is 0.179 e. The van der Waals surface area contributed by atoms with E-state index in [0.29, 0.717) is 28.5 Å². The Morgan fingerprint density at radius 2 is 1.53 bits per heavy atom. The van der Waals surface area contributed by atoms with Crippen molar-refractivity contribution in [3.63, 3.8) is 0 Å². The third kappa shape index (κ3) is 4.21. The largest absolute Gasteiger partial charge is 0.457 e. The van der Waals surface area contributed by atoms with E-state index < -0.39 is 17.1 Å². The normalized spacial score (nSPS) is 18.3. The van der Waals surface area contributed by atoms with Gasteiger partial charge in [-0.25, -0.2) is 0 Å². The molecular weight excluding hydrogens is 400 g/mol. The van der Waals surface area contributed by atoms with Crippen molar-refractivity contribution in [2.45, 2.75) is 58.2 Å². The Labute approximate surface area is 182 Å². The van der Waals surface area contributed by atoms with Crippen molar-refractivity contribution in [2.24, 2.45) is 0 Å². The SMILES string of the molecule is C=C(CC)c1ccc(Oc2ccc(Cl)cc2)cc1C1C(=O)C(C)(C)OC(C)(C)C1=O. The van der Waals surface area contributed by atoms with Gasteiger partial charge in [-0.15, -0.1) is 0 Å². The van der Waals surface area contributed by atoms with E-state index in [1.54, 1.807) is 58.0 Å². The third-order valence-electron chi connectivity index (χ3n) is 5.41. The number of benzene rings is 2. The minimum atomic E-state index is -1.08. The molecule has 1 heterocycles. The molecule has 1 fully saturated rings. The van der Waals surface area contributed by atoms with Gasteiger partial charge in [0.15, 0.2) is 11.6 Å². The van der Waals surface area contributed by atoms with Crippen LogP contribution in [0.5, 0.6) is 11.5 Å². The number of hydrogen-bond acceptors (Lipinski definition) is 4. The molecule has 0 amide bonds. The predicted molar refractivity (Wildman–Crippen MR) is 119 cm³/mol. The van der Waals surface area contributed by atoms with E-state index in [1.807, 2.05) is 19.1 Å². The van der Waals surface area contributed by atoms with Crippen molar-refractivity contribution in [1.29, 1.82) is 0 Å². The maximum Gasteiger partial charge on any atom is 0.179 e. The number of carbonyl (C=O) groups is 2. The number of allylic oxidation sites excluding steroid dienone is 1. The average molecular weight is 427 g/mol. The summed E-state index contributed by atoms with van der Waals surface area (Å²) in [5, 5.41) is 0.612. The lowest BCUT2D eigenvalue weighted by molar-refractivity contribution is -0.184. The summed E-state index contributed by atoms with van der Waals surface area (Å²) in [6.07, 6.45) is 0.697. The minimum Gasteiger partial charge on any atom is -0.457 e. The molecule has 4 nitrogen and oxygen atoms in total. The number of rotatable bonds is 5. The van der Waals surface area contributed by atoms with Gasteiger partial charge < -0.3 is 9.47 Å². The summed E-state index contributed by atoms with van der Waals surface area (Å²) in [5.41, 5.74) is 0.0829. The maximum atomic E-state index is 13.3. The second kappa shape index (κ2) is 8.01. The molecule has 2 aromatic rings. The molecule has 1 saturated heterocycles. The summed E-state index contributed by atoms with van der Waals surface area (Å²) >= 11 is 5.95. The lowest BCUT2D eigenvalue weighted by atomic mass is 9.73. The van der Waals surface area contributed by atoms with Gasteiger partial charge in [0, 0.05) is 5.02 Å². The highest BCUT2D eigenvalue weighted by atomic mass is 35.5. The molecule has 5 heteroatoms. The Morgan fingerprint density at radius 3 is 2.07 bits per heavy atom. The first-order valence-corrected chi connectivity index (χ1v) is 10.4.